The van der Waals surface area contributed by atoms with E-state index >= 15 is 0 Å². The van der Waals surface area contributed by atoms with Gasteiger partial charge in [0.25, 0.3) is 0 Å². The smallest absolute Gasteiger partial charge is 0.203 e. The lowest BCUT2D eigenvalue weighted by Crippen LogP contribution is -2.10. The van der Waals surface area contributed by atoms with Gasteiger partial charge in [-0.2, -0.15) is 0 Å². The van der Waals surface area contributed by atoms with E-state index in [9.17, 15) is 0 Å². The molecule has 126 valence electrons. The van der Waals surface area contributed by atoms with Crippen LogP contribution in [0.3, 0.4) is 0 Å². The van der Waals surface area contributed by atoms with Gasteiger partial charge in [0.2, 0.25) is 5.75 Å². The molecule has 0 aliphatic heterocycles. The Morgan fingerprint density at radius 2 is 1.50 bits per heavy atom. The van der Waals surface area contributed by atoms with Crippen molar-refractivity contribution in [2.24, 2.45) is 7.05 Å². The standard InChI is InChI=1S/C19H22N2O3/c1-20-9-8-13-10-14(6-7-16(13)20)21(2)15-11-17(22-3)19(24-5)18(12-15)23-4/h6-12H,1-5H3. The van der Waals surface area contributed by atoms with Crippen molar-refractivity contribution >= 4 is 22.3 Å². The molecule has 0 atom stereocenters. The molecule has 3 aromatic rings. The highest BCUT2D eigenvalue weighted by atomic mass is 16.5. The number of anilines is 2. The van der Waals surface area contributed by atoms with Crippen LogP contribution in [0.5, 0.6) is 17.2 Å². The molecule has 0 radical (unpaired) electrons. The Kier molecular flexibility index (Phi) is 4.25. The molecule has 0 unspecified atom stereocenters. The first kappa shape index (κ1) is 16.1. The number of aromatic nitrogens is 1. The van der Waals surface area contributed by atoms with Crippen molar-refractivity contribution in [2.45, 2.75) is 0 Å². The second kappa shape index (κ2) is 6.35. The van der Waals surface area contributed by atoms with Crippen LogP contribution in [-0.4, -0.2) is 32.9 Å². The number of rotatable bonds is 5. The molecule has 5 nitrogen and oxygen atoms in total. The normalized spacial score (nSPS) is 10.7. The molecular formula is C19H22N2O3. The summed E-state index contributed by atoms with van der Waals surface area (Å²) < 4.78 is 18.4. The van der Waals surface area contributed by atoms with E-state index in [2.05, 4.69) is 39.9 Å². The predicted molar refractivity (Wildman–Crippen MR) is 97.1 cm³/mol. The number of methoxy groups -OCH3 is 3. The van der Waals surface area contributed by atoms with E-state index in [-0.39, 0.29) is 0 Å². The largest absolute Gasteiger partial charge is 0.493 e. The molecule has 24 heavy (non-hydrogen) atoms. The van der Waals surface area contributed by atoms with Gasteiger partial charge in [0.05, 0.1) is 21.3 Å². The molecule has 3 rings (SSSR count). The van der Waals surface area contributed by atoms with Crippen molar-refractivity contribution in [2.75, 3.05) is 33.3 Å². The highest BCUT2D eigenvalue weighted by Crippen LogP contribution is 2.42. The summed E-state index contributed by atoms with van der Waals surface area (Å²) in [4.78, 5) is 2.09. The number of hydrogen-bond acceptors (Lipinski definition) is 4. The molecule has 2 aromatic carbocycles. The minimum atomic E-state index is 0.593. The second-order valence-electron chi connectivity index (χ2n) is 5.61. The van der Waals surface area contributed by atoms with Crippen molar-refractivity contribution in [3.63, 3.8) is 0 Å². The lowest BCUT2D eigenvalue weighted by Gasteiger charge is -2.22. The van der Waals surface area contributed by atoms with E-state index in [4.69, 9.17) is 14.2 Å². The van der Waals surface area contributed by atoms with Gasteiger partial charge >= 0.3 is 0 Å². The Balaban J connectivity index is 2.05. The van der Waals surface area contributed by atoms with Crippen LogP contribution in [-0.2, 0) is 7.05 Å². The molecule has 0 bridgehead atoms. The maximum atomic E-state index is 5.44. The topological polar surface area (TPSA) is 35.9 Å². The van der Waals surface area contributed by atoms with Gasteiger partial charge in [-0.15, -0.1) is 0 Å². The third kappa shape index (κ3) is 2.62. The molecule has 0 amide bonds. The summed E-state index contributed by atoms with van der Waals surface area (Å²) in [6.45, 7) is 0. The van der Waals surface area contributed by atoms with Crippen LogP contribution >= 0.6 is 0 Å². The fourth-order valence-electron chi connectivity index (χ4n) is 2.89. The van der Waals surface area contributed by atoms with Crippen LogP contribution in [0.15, 0.2) is 42.6 Å². The lowest BCUT2D eigenvalue weighted by atomic mass is 10.2. The van der Waals surface area contributed by atoms with Gasteiger partial charge in [-0.05, 0) is 24.3 Å². The van der Waals surface area contributed by atoms with Crippen molar-refractivity contribution in [3.05, 3.63) is 42.6 Å². The average molecular weight is 326 g/mol. The summed E-state index contributed by atoms with van der Waals surface area (Å²) in [7, 11) is 8.91. The Morgan fingerprint density at radius 1 is 0.833 bits per heavy atom. The molecule has 0 N–H and O–H groups in total. The first-order valence-corrected chi connectivity index (χ1v) is 7.68. The number of hydrogen-bond donors (Lipinski definition) is 0. The SMILES string of the molecule is COc1cc(N(C)c2ccc3c(ccn3C)c2)cc(OC)c1OC. The first-order chi connectivity index (χ1) is 11.6. The lowest BCUT2D eigenvalue weighted by molar-refractivity contribution is 0.324. The van der Waals surface area contributed by atoms with Gasteiger partial charge in [-0.25, -0.2) is 0 Å². The summed E-state index contributed by atoms with van der Waals surface area (Å²) in [5, 5.41) is 1.20. The zero-order valence-electron chi connectivity index (χ0n) is 14.7. The van der Waals surface area contributed by atoms with Gasteiger partial charge in [0, 0.05) is 54.7 Å². The summed E-state index contributed by atoms with van der Waals surface area (Å²) in [6, 6.07) is 12.4. The third-order valence-corrected chi connectivity index (χ3v) is 4.29. The fraction of sp³-hybridized carbons (Fsp3) is 0.263. The number of aryl methyl sites for hydroxylation is 1. The van der Waals surface area contributed by atoms with Gasteiger partial charge in [-0.1, -0.05) is 0 Å². The molecule has 0 aliphatic carbocycles. The monoisotopic (exact) mass is 326 g/mol. The molecule has 0 saturated carbocycles. The maximum absolute atomic E-state index is 5.44. The van der Waals surface area contributed by atoms with Gasteiger partial charge < -0.3 is 23.7 Å². The highest BCUT2D eigenvalue weighted by Gasteiger charge is 2.16. The van der Waals surface area contributed by atoms with E-state index in [1.54, 1.807) is 21.3 Å². The second-order valence-corrected chi connectivity index (χ2v) is 5.61. The molecule has 1 heterocycles. The Bertz CT molecular complexity index is 845. The van der Waals surface area contributed by atoms with E-state index in [0.717, 1.165) is 11.4 Å². The van der Waals surface area contributed by atoms with E-state index in [1.165, 1.54) is 10.9 Å². The Morgan fingerprint density at radius 3 is 2.08 bits per heavy atom. The number of fused-ring (bicyclic) bond motifs is 1. The van der Waals surface area contributed by atoms with Crippen molar-refractivity contribution < 1.29 is 14.2 Å². The predicted octanol–water partition coefficient (Wildman–Crippen LogP) is 3.97. The van der Waals surface area contributed by atoms with Gasteiger partial charge in [-0.3, -0.25) is 0 Å². The zero-order valence-corrected chi connectivity index (χ0v) is 14.7. The molecule has 0 saturated heterocycles. The summed E-state index contributed by atoms with van der Waals surface area (Å²) in [5.41, 5.74) is 3.25. The third-order valence-electron chi connectivity index (χ3n) is 4.29. The first-order valence-electron chi connectivity index (χ1n) is 7.68. The average Bonchev–Trinajstić information content (AvgIpc) is 3.00. The number of benzene rings is 2. The fourth-order valence-corrected chi connectivity index (χ4v) is 2.89. The Hall–Kier alpha value is -2.82. The Labute approximate surface area is 142 Å². The molecule has 0 spiro atoms. The summed E-state index contributed by atoms with van der Waals surface area (Å²) >= 11 is 0. The minimum Gasteiger partial charge on any atom is -0.493 e. The van der Waals surface area contributed by atoms with E-state index in [0.29, 0.717) is 17.2 Å². The van der Waals surface area contributed by atoms with Crippen LogP contribution in [0.1, 0.15) is 0 Å². The number of ether oxygens (including phenoxy) is 3. The zero-order chi connectivity index (χ0) is 17.3. The van der Waals surface area contributed by atoms with Crippen molar-refractivity contribution in [1.82, 2.24) is 4.57 Å². The molecule has 1 aromatic heterocycles. The van der Waals surface area contributed by atoms with E-state index in [1.807, 2.05) is 26.2 Å². The van der Waals surface area contributed by atoms with E-state index < -0.39 is 0 Å². The molecule has 5 heteroatoms. The van der Waals surface area contributed by atoms with Crippen molar-refractivity contribution in [1.29, 1.82) is 0 Å². The summed E-state index contributed by atoms with van der Waals surface area (Å²) in [5.74, 6) is 1.87. The van der Waals surface area contributed by atoms with Gasteiger partial charge in [0.1, 0.15) is 0 Å². The van der Waals surface area contributed by atoms with Crippen molar-refractivity contribution in [3.8, 4) is 17.2 Å². The maximum Gasteiger partial charge on any atom is 0.203 e. The van der Waals surface area contributed by atoms with Gasteiger partial charge in [0.15, 0.2) is 11.5 Å². The molecular weight excluding hydrogens is 304 g/mol. The van der Waals surface area contributed by atoms with Crippen LogP contribution in [0, 0.1) is 0 Å². The van der Waals surface area contributed by atoms with Crippen LogP contribution in [0.25, 0.3) is 10.9 Å². The molecule has 0 aliphatic rings. The van der Waals surface area contributed by atoms with Crippen LogP contribution in [0.4, 0.5) is 11.4 Å². The quantitative estimate of drug-likeness (QED) is 0.711. The van der Waals surface area contributed by atoms with Crippen LogP contribution in [0.2, 0.25) is 0 Å². The number of nitrogens with zero attached hydrogens (tertiary/aromatic N) is 2. The highest BCUT2D eigenvalue weighted by molar-refractivity contribution is 5.85. The summed E-state index contributed by atoms with van der Waals surface area (Å²) in [6.07, 6.45) is 2.06. The minimum absolute atomic E-state index is 0.593. The molecule has 0 fully saturated rings. The van der Waals surface area contributed by atoms with Crippen LogP contribution < -0.4 is 19.1 Å².